The Hall–Kier alpha value is -1.31. The zero-order chi connectivity index (χ0) is 9.97. The van der Waals surface area contributed by atoms with Crippen molar-refractivity contribution in [1.82, 2.24) is 5.01 Å². The van der Waals surface area contributed by atoms with E-state index in [2.05, 4.69) is 54.3 Å². The molecule has 0 aliphatic carbocycles. The van der Waals surface area contributed by atoms with E-state index in [0.717, 1.165) is 13.0 Å². The van der Waals surface area contributed by atoms with Gasteiger partial charge in [0.15, 0.2) is 0 Å². The highest BCUT2D eigenvalue weighted by Gasteiger charge is 2.34. The Balaban J connectivity index is 2.00. The summed E-state index contributed by atoms with van der Waals surface area (Å²) in [7, 11) is 0. The fraction of sp³-hybridized carbons (Fsp3) is 0.417. The second-order valence-corrected chi connectivity index (χ2v) is 3.74. The first-order valence-corrected chi connectivity index (χ1v) is 5.17. The molecule has 0 spiro atoms. The molecule has 2 heteroatoms. The first-order valence-electron chi connectivity index (χ1n) is 5.17. The van der Waals surface area contributed by atoms with Crippen LogP contribution in [0.15, 0.2) is 35.4 Å². The highest BCUT2D eigenvalue weighted by molar-refractivity contribution is 5.81. The minimum atomic E-state index is 0.526. The van der Waals surface area contributed by atoms with Crippen LogP contribution in [0.3, 0.4) is 0 Å². The number of nitrogens with zero attached hydrogens (tertiary/aromatic N) is 2. The van der Waals surface area contributed by atoms with E-state index in [4.69, 9.17) is 0 Å². The Morgan fingerprint density at radius 3 is 2.79 bits per heavy atom. The molecule has 1 aromatic rings. The predicted molar refractivity (Wildman–Crippen MR) is 59.3 cm³/mol. The normalized spacial score (nSPS) is 21.1. The maximum absolute atomic E-state index is 4.51. The van der Waals surface area contributed by atoms with E-state index in [1.807, 2.05) is 0 Å². The van der Waals surface area contributed by atoms with Gasteiger partial charge in [-0.25, -0.2) is 0 Å². The fourth-order valence-corrected chi connectivity index (χ4v) is 1.48. The van der Waals surface area contributed by atoms with Crippen LogP contribution in [-0.4, -0.2) is 17.3 Å². The van der Waals surface area contributed by atoms with Gasteiger partial charge in [0, 0.05) is 5.71 Å². The molecule has 2 rings (SSSR count). The van der Waals surface area contributed by atoms with Crippen LogP contribution in [0.2, 0.25) is 0 Å². The average Bonchev–Trinajstić information content (AvgIpc) is 2.98. The van der Waals surface area contributed by atoms with Gasteiger partial charge in [-0.05, 0) is 18.9 Å². The van der Waals surface area contributed by atoms with Crippen LogP contribution in [0.1, 0.15) is 31.9 Å². The lowest BCUT2D eigenvalue weighted by molar-refractivity contribution is 0.550. The van der Waals surface area contributed by atoms with Gasteiger partial charge in [0.05, 0.1) is 12.6 Å². The second kappa shape index (κ2) is 3.82. The maximum atomic E-state index is 4.51. The summed E-state index contributed by atoms with van der Waals surface area (Å²) >= 11 is 0. The first-order chi connectivity index (χ1) is 6.81. The molecule has 1 saturated heterocycles. The van der Waals surface area contributed by atoms with Gasteiger partial charge in [-0.3, -0.25) is 5.01 Å². The third-order valence-electron chi connectivity index (χ3n) is 2.58. The Kier molecular flexibility index (Phi) is 2.53. The number of hydrogen-bond donors (Lipinski definition) is 0. The number of hydrogen-bond acceptors (Lipinski definition) is 2. The van der Waals surface area contributed by atoms with Crippen molar-refractivity contribution in [3.05, 3.63) is 35.9 Å². The molecule has 0 bridgehead atoms. The van der Waals surface area contributed by atoms with Gasteiger partial charge >= 0.3 is 0 Å². The van der Waals surface area contributed by atoms with Crippen LogP contribution < -0.4 is 0 Å². The molecule has 1 fully saturated rings. The van der Waals surface area contributed by atoms with Crippen molar-refractivity contribution in [1.29, 1.82) is 0 Å². The molecule has 0 aromatic heterocycles. The maximum Gasteiger partial charge on any atom is 0.0912 e. The third kappa shape index (κ3) is 1.95. The summed E-state index contributed by atoms with van der Waals surface area (Å²) in [5.74, 6) is 0. The molecule has 0 N–H and O–H groups in total. The SMILES string of the molecule is CC/C(C)=N/N1CC1c1ccccc1. The molecule has 74 valence electrons. The van der Waals surface area contributed by atoms with Gasteiger partial charge in [0.1, 0.15) is 0 Å². The van der Waals surface area contributed by atoms with Crippen LogP contribution in [-0.2, 0) is 0 Å². The topological polar surface area (TPSA) is 15.4 Å². The van der Waals surface area contributed by atoms with Crippen molar-refractivity contribution in [2.24, 2.45) is 5.10 Å². The molecule has 1 aliphatic rings. The smallest absolute Gasteiger partial charge is 0.0912 e. The van der Waals surface area contributed by atoms with Crippen molar-refractivity contribution >= 4 is 5.71 Å². The van der Waals surface area contributed by atoms with E-state index in [-0.39, 0.29) is 0 Å². The van der Waals surface area contributed by atoms with Crippen molar-refractivity contribution in [3.63, 3.8) is 0 Å². The van der Waals surface area contributed by atoms with Crippen LogP contribution in [0.4, 0.5) is 0 Å². The highest BCUT2D eigenvalue weighted by atomic mass is 15.6. The first kappa shape index (κ1) is 9.25. The molecule has 1 heterocycles. The van der Waals surface area contributed by atoms with E-state index >= 15 is 0 Å². The fourth-order valence-electron chi connectivity index (χ4n) is 1.48. The highest BCUT2D eigenvalue weighted by Crippen LogP contribution is 2.34. The number of hydrazone groups is 1. The molecule has 1 aliphatic heterocycles. The molecular weight excluding hydrogens is 172 g/mol. The van der Waals surface area contributed by atoms with Crippen molar-refractivity contribution in [2.75, 3.05) is 6.54 Å². The van der Waals surface area contributed by atoms with E-state index in [9.17, 15) is 0 Å². The third-order valence-corrected chi connectivity index (χ3v) is 2.58. The van der Waals surface area contributed by atoms with Crippen LogP contribution in [0, 0.1) is 0 Å². The summed E-state index contributed by atoms with van der Waals surface area (Å²) in [6, 6.07) is 11.1. The second-order valence-electron chi connectivity index (χ2n) is 3.74. The Bertz CT molecular complexity index is 329. The Labute approximate surface area is 85.2 Å². The quantitative estimate of drug-likeness (QED) is 0.526. The van der Waals surface area contributed by atoms with Crippen molar-refractivity contribution in [3.8, 4) is 0 Å². The molecule has 1 atom stereocenters. The average molecular weight is 188 g/mol. The van der Waals surface area contributed by atoms with Crippen molar-refractivity contribution in [2.45, 2.75) is 26.3 Å². The molecular formula is C12H16N2. The molecule has 1 aromatic carbocycles. The van der Waals surface area contributed by atoms with Gasteiger partial charge in [-0.1, -0.05) is 37.3 Å². The van der Waals surface area contributed by atoms with Crippen LogP contribution in [0.25, 0.3) is 0 Å². The van der Waals surface area contributed by atoms with E-state index in [1.54, 1.807) is 0 Å². The zero-order valence-electron chi connectivity index (χ0n) is 8.77. The van der Waals surface area contributed by atoms with Crippen LogP contribution >= 0.6 is 0 Å². The van der Waals surface area contributed by atoms with Gasteiger partial charge in [-0.15, -0.1) is 0 Å². The monoisotopic (exact) mass is 188 g/mol. The van der Waals surface area contributed by atoms with Gasteiger partial charge in [0.2, 0.25) is 0 Å². The van der Waals surface area contributed by atoms with E-state index in [1.165, 1.54) is 11.3 Å². The van der Waals surface area contributed by atoms with E-state index < -0.39 is 0 Å². The largest absolute Gasteiger partial charge is 0.285 e. The minimum Gasteiger partial charge on any atom is -0.285 e. The molecule has 2 nitrogen and oxygen atoms in total. The summed E-state index contributed by atoms with van der Waals surface area (Å²) < 4.78 is 0. The molecule has 1 unspecified atom stereocenters. The summed E-state index contributed by atoms with van der Waals surface area (Å²) in [4.78, 5) is 0. The van der Waals surface area contributed by atoms with Gasteiger partial charge in [0.25, 0.3) is 0 Å². The summed E-state index contributed by atoms with van der Waals surface area (Å²) in [5, 5.41) is 6.66. The zero-order valence-corrected chi connectivity index (χ0v) is 8.77. The lowest BCUT2D eigenvalue weighted by atomic mass is 10.2. The predicted octanol–water partition coefficient (Wildman–Crippen LogP) is 2.83. The molecule has 14 heavy (non-hydrogen) atoms. The lowest BCUT2D eigenvalue weighted by Crippen LogP contribution is -1.95. The number of benzene rings is 1. The number of rotatable bonds is 3. The molecule has 0 saturated carbocycles. The lowest BCUT2D eigenvalue weighted by Gasteiger charge is -2.00. The molecule has 0 radical (unpaired) electrons. The molecule has 0 amide bonds. The van der Waals surface area contributed by atoms with Gasteiger partial charge in [-0.2, -0.15) is 5.10 Å². The standard InChI is InChI=1S/C12H16N2/c1-3-10(2)13-14-9-12(14)11-7-5-4-6-8-11/h4-8,12H,3,9H2,1-2H3/b13-10+. The van der Waals surface area contributed by atoms with E-state index in [0.29, 0.717) is 6.04 Å². The summed E-state index contributed by atoms with van der Waals surface area (Å²) in [6.45, 7) is 5.29. The van der Waals surface area contributed by atoms with Crippen LogP contribution in [0.5, 0.6) is 0 Å². The summed E-state index contributed by atoms with van der Waals surface area (Å²) in [6.07, 6.45) is 1.04. The van der Waals surface area contributed by atoms with Crippen molar-refractivity contribution < 1.29 is 0 Å². The Morgan fingerprint density at radius 1 is 1.43 bits per heavy atom. The minimum absolute atomic E-state index is 0.526. The van der Waals surface area contributed by atoms with Gasteiger partial charge < -0.3 is 0 Å². The summed E-state index contributed by atoms with van der Waals surface area (Å²) in [5.41, 5.74) is 2.59. The Morgan fingerprint density at radius 2 is 2.14 bits per heavy atom.